The highest BCUT2D eigenvalue weighted by Gasteiger charge is 2.14. The Morgan fingerprint density at radius 2 is 1.79 bits per heavy atom. The van der Waals surface area contributed by atoms with Crippen LogP contribution < -0.4 is 5.32 Å². The van der Waals surface area contributed by atoms with Crippen LogP contribution in [0.3, 0.4) is 0 Å². The first-order chi connectivity index (χ1) is 9.16. The normalized spacial score (nSPS) is 19.1. The highest BCUT2D eigenvalue weighted by molar-refractivity contribution is 5.32. The van der Waals surface area contributed by atoms with Crippen LogP contribution in [0.25, 0.3) is 0 Å². The highest BCUT2D eigenvalue weighted by Crippen LogP contribution is 2.24. The molecule has 1 fully saturated rings. The number of nitrogens with one attached hydrogen (secondary N) is 1. The second-order valence-corrected chi connectivity index (χ2v) is 6.35. The van der Waals surface area contributed by atoms with E-state index in [0.717, 1.165) is 5.92 Å². The number of hydrogen-bond acceptors (Lipinski definition) is 1. The standard InChI is InChI=1S/C18H29N/c1-14-10-11-18(15(2)12-14)16(3)19-13-17-8-6-4-5-7-9-17/h10-12,16-17,19H,4-9,13H2,1-3H3. The maximum absolute atomic E-state index is 3.76. The van der Waals surface area contributed by atoms with Gasteiger partial charge in [0.1, 0.15) is 0 Å². The SMILES string of the molecule is Cc1ccc(C(C)NCC2CCCCCC2)c(C)c1. The van der Waals surface area contributed by atoms with Crippen molar-refractivity contribution >= 4 is 0 Å². The van der Waals surface area contributed by atoms with Crippen molar-refractivity contribution in [2.24, 2.45) is 5.92 Å². The molecular formula is C18H29N. The molecule has 1 aliphatic rings. The van der Waals surface area contributed by atoms with Gasteiger partial charge in [0.25, 0.3) is 0 Å². The zero-order valence-corrected chi connectivity index (χ0v) is 12.8. The Balaban J connectivity index is 1.87. The Morgan fingerprint density at radius 1 is 1.11 bits per heavy atom. The van der Waals surface area contributed by atoms with E-state index < -0.39 is 0 Å². The van der Waals surface area contributed by atoms with E-state index in [2.05, 4.69) is 44.3 Å². The molecule has 0 radical (unpaired) electrons. The number of rotatable bonds is 4. The van der Waals surface area contributed by atoms with Crippen LogP contribution >= 0.6 is 0 Å². The molecule has 0 aromatic heterocycles. The predicted molar refractivity (Wildman–Crippen MR) is 83.5 cm³/mol. The molecule has 0 amide bonds. The quantitative estimate of drug-likeness (QED) is 0.756. The van der Waals surface area contributed by atoms with Crippen LogP contribution in [0.2, 0.25) is 0 Å². The van der Waals surface area contributed by atoms with E-state index in [-0.39, 0.29) is 0 Å². The Kier molecular flexibility index (Phi) is 5.45. The summed E-state index contributed by atoms with van der Waals surface area (Å²) in [6, 6.07) is 7.28. The largest absolute Gasteiger partial charge is 0.310 e. The molecule has 1 N–H and O–H groups in total. The van der Waals surface area contributed by atoms with Gasteiger partial charge in [-0.3, -0.25) is 0 Å². The summed E-state index contributed by atoms with van der Waals surface area (Å²) in [5.74, 6) is 0.899. The smallest absolute Gasteiger partial charge is 0.0294 e. The first-order valence-corrected chi connectivity index (χ1v) is 7.97. The van der Waals surface area contributed by atoms with Gasteiger partial charge in [-0.1, -0.05) is 49.4 Å². The lowest BCUT2D eigenvalue weighted by Gasteiger charge is -2.21. The Labute approximate surface area is 118 Å². The van der Waals surface area contributed by atoms with Gasteiger partial charge in [0.2, 0.25) is 0 Å². The molecule has 106 valence electrons. The highest BCUT2D eigenvalue weighted by atomic mass is 14.9. The van der Waals surface area contributed by atoms with Crippen molar-refractivity contribution in [2.45, 2.75) is 65.3 Å². The Bertz CT molecular complexity index is 389. The molecule has 1 atom stereocenters. The molecule has 1 saturated carbocycles. The van der Waals surface area contributed by atoms with E-state index in [1.165, 1.54) is 61.8 Å². The van der Waals surface area contributed by atoms with Crippen molar-refractivity contribution in [3.8, 4) is 0 Å². The fourth-order valence-corrected chi connectivity index (χ4v) is 3.33. The molecule has 2 rings (SSSR count). The predicted octanol–water partition coefficient (Wildman–Crippen LogP) is 4.92. The van der Waals surface area contributed by atoms with E-state index in [1.54, 1.807) is 0 Å². The van der Waals surface area contributed by atoms with E-state index in [0.29, 0.717) is 6.04 Å². The van der Waals surface area contributed by atoms with Crippen molar-refractivity contribution in [3.05, 3.63) is 34.9 Å². The van der Waals surface area contributed by atoms with E-state index >= 15 is 0 Å². The van der Waals surface area contributed by atoms with Crippen molar-refractivity contribution < 1.29 is 0 Å². The molecule has 0 saturated heterocycles. The Morgan fingerprint density at radius 3 is 2.42 bits per heavy atom. The van der Waals surface area contributed by atoms with Gasteiger partial charge in [0.05, 0.1) is 0 Å². The van der Waals surface area contributed by atoms with E-state index in [4.69, 9.17) is 0 Å². The molecule has 0 bridgehead atoms. The average molecular weight is 259 g/mol. The minimum absolute atomic E-state index is 0.476. The first-order valence-electron chi connectivity index (χ1n) is 7.97. The summed E-state index contributed by atoms with van der Waals surface area (Å²) in [5.41, 5.74) is 4.23. The number of benzene rings is 1. The van der Waals surface area contributed by atoms with Crippen LogP contribution in [-0.2, 0) is 0 Å². The maximum atomic E-state index is 3.76. The van der Waals surface area contributed by atoms with Crippen molar-refractivity contribution in [1.29, 1.82) is 0 Å². The summed E-state index contributed by atoms with van der Waals surface area (Å²) < 4.78 is 0. The van der Waals surface area contributed by atoms with Gasteiger partial charge in [-0.05, 0) is 57.2 Å². The third-order valence-electron chi connectivity index (χ3n) is 4.58. The van der Waals surface area contributed by atoms with Gasteiger partial charge in [0, 0.05) is 6.04 Å². The fourth-order valence-electron chi connectivity index (χ4n) is 3.33. The molecule has 0 heterocycles. The summed E-state index contributed by atoms with van der Waals surface area (Å²) in [4.78, 5) is 0. The van der Waals surface area contributed by atoms with Gasteiger partial charge in [0.15, 0.2) is 0 Å². The Hall–Kier alpha value is -0.820. The summed E-state index contributed by atoms with van der Waals surface area (Å²) in [5, 5.41) is 3.76. The summed E-state index contributed by atoms with van der Waals surface area (Å²) in [7, 11) is 0. The van der Waals surface area contributed by atoms with Crippen molar-refractivity contribution in [3.63, 3.8) is 0 Å². The van der Waals surface area contributed by atoms with E-state index in [9.17, 15) is 0 Å². The second-order valence-electron chi connectivity index (χ2n) is 6.35. The first kappa shape index (κ1) is 14.6. The molecule has 1 unspecified atom stereocenters. The summed E-state index contributed by atoms with van der Waals surface area (Å²) in [6.07, 6.45) is 8.61. The molecule has 1 nitrogen and oxygen atoms in total. The van der Waals surface area contributed by atoms with Crippen LogP contribution in [0, 0.1) is 19.8 Å². The topological polar surface area (TPSA) is 12.0 Å². The lowest BCUT2D eigenvalue weighted by Crippen LogP contribution is -2.26. The van der Waals surface area contributed by atoms with Gasteiger partial charge >= 0.3 is 0 Å². The van der Waals surface area contributed by atoms with Crippen LogP contribution in [-0.4, -0.2) is 6.54 Å². The molecule has 19 heavy (non-hydrogen) atoms. The second kappa shape index (κ2) is 7.09. The maximum Gasteiger partial charge on any atom is 0.0294 e. The van der Waals surface area contributed by atoms with Crippen molar-refractivity contribution in [1.82, 2.24) is 5.32 Å². The lowest BCUT2D eigenvalue weighted by molar-refractivity contribution is 0.402. The van der Waals surface area contributed by atoms with Crippen LogP contribution in [0.15, 0.2) is 18.2 Å². The van der Waals surface area contributed by atoms with Crippen molar-refractivity contribution in [2.75, 3.05) is 6.54 Å². The van der Waals surface area contributed by atoms with Gasteiger partial charge in [-0.25, -0.2) is 0 Å². The van der Waals surface area contributed by atoms with Crippen LogP contribution in [0.5, 0.6) is 0 Å². The van der Waals surface area contributed by atoms with E-state index in [1.807, 2.05) is 0 Å². The zero-order chi connectivity index (χ0) is 13.7. The monoisotopic (exact) mass is 259 g/mol. The third kappa shape index (κ3) is 4.35. The van der Waals surface area contributed by atoms with Gasteiger partial charge in [-0.2, -0.15) is 0 Å². The number of hydrogen-bond donors (Lipinski definition) is 1. The fraction of sp³-hybridized carbons (Fsp3) is 0.667. The molecule has 1 heteroatoms. The summed E-state index contributed by atoms with van der Waals surface area (Å²) in [6.45, 7) is 7.88. The molecule has 0 aliphatic heterocycles. The van der Waals surface area contributed by atoms with Gasteiger partial charge < -0.3 is 5.32 Å². The minimum atomic E-state index is 0.476. The summed E-state index contributed by atoms with van der Waals surface area (Å²) >= 11 is 0. The van der Waals surface area contributed by atoms with Gasteiger partial charge in [-0.15, -0.1) is 0 Å². The zero-order valence-electron chi connectivity index (χ0n) is 12.8. The molecular weight excluding hydrogens is 230 g/mol. The lowest BCUT2D eigenvalue weighted by atomic mass is 9.97. The third-order valence-corrected chi connectivity index (χ3v) is 4.58. The molecule has 0 spiro atoms. The molecule has 1 aliphatic carbocycles. The van der Waals surface area contributed by atoms with Crippen LogP contribution in [0.4, 0.5) is 0 Å². The number of aryl methyl sites for hydroxylation is 2. The minimum Gasteiger partial charge on any atom is -0.310 e. The molecule has 1 aromatic rings. The van der Waals surface area contributed by atoms with Crippen LogP contribution in [0.1, 0.15) is 68.2 Å². The molecule has 1 aromatic carbocycles. The average Bonchev–Trinajstić information content (AvgIpc) is 2.64.